The van der Waals surface area contributed by atoms with E-state index in [1.54, 1.807) is 16.8 Å². The van der Waals surface area contributed by atoms with Gasteiger partial charge in [-0.05, 0) is 63.1 Å². The van der Waals surface area contributed by atoms with Gasteiger partial charge in [-0.15, -0.1) is 0 Å². The fraction of sp³-hybridized carbons (Fsp3) is 0.538. The van der Waals surface area contributed by atoms with E-state index in [2.05, 4.69) is 13.8 Å². The molecule has 0 bridgehead atoms. The van der Waals surface area contributed by atoms with Crippen LogP contribution in [0.25, 0.3) is 16.7 Å². The monoisotopic (exact) mass is 465 g/mol. The third kappa shape index (κ3) is 4.64. The number of hydrogen-bond acceptors (Lipinski definition) is 5. The van der Waals surface area contributed by atoms with E-state index in [-0.39, 0.29) is 28.6 Å². The van der Waals surface area contributed by atoms with E-state index in [1.165, 1.54) is 4.40 Å². The van der Waals surface area contributed by atoms with Gasteiger partial charge in [0.05, 0.1) is 17.1 Å². The lowest BCUT2D eigenvalue weighted by Crippen LogP contribution is -2.45. The first-order valence-corrected chi connectivity index (χ1v) is 12.2. The van der Waals surface area contributed by atoms with Crippen molar-refractivity contribution in [1.82, 2.24) is 18.9 Å². The minimum absolute atomic E-state index is 0.0951. The standard InChI is InChI=1S/C26H35N5O3/c1-16(2)34-11-7-10-30-22(27)20(25(32)29-14-17(3)12-18(4)15-29)13-21-24(30)28-23-19(5)8-6-9-31(23)26(21)33/h6,8-9,13,16-18,27H,7,10-12,14-15H2,1-5H3. The topological polar surface area (TPSA) is 92.7 Å². The number of nitrogens with zero attached hydrogens (tertiary/aromatic N) is 4. The van der Waals surface area contributed by atoms with Gasteiger partial charge in [-0.3, -0.25) is 19.4 Å². The van der Waals surface area contributed by atoms with E-state index in [1.807, 2.05) is 37.8 Å². The molecule has 3 aromatic heterocycles. The number of pyridine rings is 2. The van der Waals surface area contributed by atoms with Gasteiger partial charge < -0.3 is 14.2 Å². The summed E-state index contributed by atoms with van der Waals surface area (Å²) in [5.41, 5.74) is 1.99. The number of amides is 1. The number of hydrogen-bond donors (Lipinski definition) is 1. The van der Waals surface area contributed by atoms with E-state index >= 15 is 0 Å². The van der Waals surface area contributed by atoms with Crippen molar-refractivity contribution in [3.8, 4) is 0 Å². The number of carbonyl (C=O) groups excluding carboxylic acids is 1. The number of likely N-dealkylation sites (tertiary alicyclic amines) is 1. The predicted octanol–water partition coefficient (Wildman–Crippen LogP) is 3.37. The Kier molecular flexibility index (Phi) is 6.89. The molecule has 1 aliphatic heterocycles. The zero-order valence-electron chi connectivity index (χ0n) is 20.8. The molecule has 2 atom stereocenters. The molecule has 0 spiro atoms. The molecular formula is C26H35N5O3. The van der Waals surface area contributed by atoms with E-state index in [0.717, 1.165) is 12.0 Å². The van der Waals surface area contributed by atoms with Crippen LogP contribution in [0.15, 0.2) is 29.2 Å². The summed E-state index contributed by atoms with van der Waals surface area (Å²) < 4.78 is 8.91. The zero-order chi connectivity index (χ0) is 24.6. The van der Waals surface area contributed by atoms with Crippen molar-refractivity contribution in [2.45, 2.75) is 60.1 Å². The number of nitrogens with one attached hydrogen (secondary N) is 1. The summed E-state index contributed by atoms with van der Waals surface area (Å²) in [6.45, 7) is 12.5. The molecule has 0 radical (unpaired) electrons. The first kappa shape index (κ1) is 24.1. The average molecular weight is 466 g/mol. The number of carbonyl (C=O) groups is 1. The van der Waals surface area contributed by atoms with Gasteiger partial charge in [0.15, 0.2) is 0 Å². The maximum Gasteiger partial charge on any atom is 0.267 e. The summed E-state index contributed by atoms with van der Waals surface area (Å²) >= 11 is 0. The van der Waals surface area contributed by atoms with Crippen molar-refractivity contribution in [3.05, 3.63) is 51.4 Å². The van der Waals surface area contributed by atoms with Gasteiger partial charge in [0.25, 0.3) is 11.5 Å². The summed E-state index contributed by atoms with van der Waals surface area (Å²) in [6, 6.07) is 5.30. The molecule has 0 aromatic carbocycles. The van der Waals surface area contributed by atoms with Crippen molar-refractivity contribution >= 4 is 22.6 Å². The Bertz CT molecular complexity index is 1330. The van der Waals surface area contributed by atoms with Crippen molar-refractivity contribution in [1.29, 1.82) is 5.41 Å². The summed E-state index contributed by atoms with van der Waals surface area (Å²) in [5, 5.41) is 9.31. The number of rotatable bonds is 6. The van der Waals surface area contributed by atoms with Crippen molar-refractivity contribution in [2.75, 3.05) is 19.7 Å². The van der Waals surface area contributed by atoms with Gasteiger partial charge in [-0.2, -0.15) is 0 Å². The Hall–Kier alpha value is -3.00. The van der Waals surface area contributed by atoms with Crippen molar-refractivity contribution in [3.63, 3.8) is 0 Å². The first-order valence-electron chi connectivity index (χ1n) is 12.2. The molecule has 1 aliphatic rings. The fourth-order valence-electron chi connectivity index (χ4n) is 5.02. The molecule has 8 heteroatoms. The Morgan fingerprint density at radius 3 is 2.62 bits per heavy atom. The fourth-order valence-corrected chi connectivity index (χ4v) is 5.02. The van der Waals surface area contributed by atoms with Crippen LogP contribution in [0.2, 0.25) is 0 Å². The van der Waals surface area contributed by atoms with Crippen LogP contribution in [-0.4, -0.2) is 50.6 Å². The normalized spacial score (nSPS) is 18.8. The van der Waals surface area contributed by atoms with Crippen LogP contribution in [-0.2, 0) is 11.3 Å². The van der Waals surface area contributed by atoms with Gasteiger partial charge >= 0.3 is 0 Å². The third-order valence-corrected chi connectivity index (χ3v) is 6.50. The predicted molar refractivity (Wildman–Crippen MR) is 132 cm³/mol. The molecule has 0 saturated carbocycles. The number of ether oxygens (including phenoxy) is 1. The minimum atomic E-state index is -0.231. The quantitative estimate of drug-likeness (QED) is 0.446. The Labute approximate surface area is 199 Å². The van der Waals surface area contributed by atoms with Crippen LogP contribution in [0.4, 0.5) is 0 Å². The van der Waals surface area contributed by atoms with Crippen LogP contribution in [0, 0.1) is 24.2 Å². The molecule has 1 amide bonds. The number of aromatic nitrogens is 3. The van der Waals surface area contributed by atoms with Gasteiger partial charge in [0.1, 0.15) is 16.8 Å². The molecule has 182 valence electrons. The van der Waals surface area contributed by atoms with Gasteiger partial charge in [-0.1, -0.05) is 19.9 Å². The smallest absolute Gasteiger partial charge is 0.267 e. The maximum atomic E-state index is 13.6. The van der Waals surface area contributed by atoms with Gasteiger partial charge in [0, 0.05) is 32.4 Å². The molecule has 34 heavy (non-hydrogen) atoms. The summed E-state index contributed by atoms with van der Waals surface area (Å²) in [4.78, 5) is 33.7. The van der Waals surface area contributed by atoms with Crippen LogP contribution >= 0.6 is 0 Å². The summed E-state index contributed by atoms with van der Waals surface area (Å²) in [5.74, 6) is 0.620. The lowest BCUT2D eigenvalue weighted by atomic mass is 9.91. The Balaban J connectivity index is 1.88. The average Bonchev–Trinajstić information content (AvgIpc) is 2.77. The van der Waals surface area contributed by atoms with Crippen molar-refractivity contribution in [2.24, 2.45) is 11.8 Å². The maximum absolute atomic E-state index is 13.6. The summed E-state index contributed by atoms with van der Waals surface area (Å²) in [7, 11) is 0. The highest BCUT2D eigenvalue weighted by Gasteiger charge is 2.28. The second-order valence-electron chi connectivity index (χ2n) is 10.0. The largest absolute Gasteiger partial charge is 0.379 e. The number of fused-ring (bicyclic) bond motifs is 2. The molecule has 4 heterocycles. The lowest BCUT2D eigenvalue weighted by Gasteiger charge is -2.35. The van der Waals surface area contributed by atoms with Crippen molar-refractivity contribution < 1.29 is 9.53 Å². The van der Waals surface area contributed by atoms with Crippen LogP contribution in [0.3, 0.4) is 0 Å². The molecule has 2 unspecified atom stereocenters. The van der Waals surface area contributed by atoms with E-state index in [9.17, 15) is 9.59 Å². The number of piperidine rings is 1. The first-order chi connectivity index (χ1) is 16.2. The highest BCUT2D eigenvalue weighted by molar-refractivity contribution is 5.97. The molecule has 4 rings (SSSR count). The van der Waals surface area contributed by atoms with Crippen LogP contribution in [0.1, 0.15) is 56.5 Å². The zero-order valence-corrected chi connectivity index (χ0v) is 20.8. The molecule has 1 fully saturated rings. The Morgan fingerprint density at radius 1 is 1.24 bits per heavy atom. The Morgan fingerprint density at radius 2 is 1.94 bits per heavy atom. The third-order valence-electron chi connectivity index (χ3n) is 6.50. The van der Waals surface area contributed by atoms with E-state index < -0.39 is 0 Å². The van der Waals surface area contributed by atoms with Gasteiger partial charge in [-0.25, -0.2) is 4.98 Å². The highest BCUT2D eigenvalue weighted by Crippen LogP contribution is 2.22. The summed E-state index contributed by atoms with van der Waals surface area (Å²) in [6.07, 6.45) is 3.54. The second-order valence-corrected chi connectivity index (χ2v) is 10.0. The molecule has 3 aromatic rings. The van der Waals surface area contributed by atoms with Crippen LogP contribution in [0.5, 0.6) is 0 Å². The molecule has 0 aliphatic carbocycles. The van der Waals surface area contributed by atoms with E-state index in [0.29, 0.717) is 61.2 Å². The molecule has 8 nitrogen and oxygen atoms in total. The minimum Gasteiger partial charge on any atom is -0.379 e. The SMILES string of the molecule is Cc1cccn2c(=O)c3cc(C(=O)N4CC(C)CC(C)C4)c(=N)n(CCCOC(C)C)c3nc12. The molecule has 1 saturated heterocycles. The second kappa shape index (κ2) is 9.70. The number of aryl methyl sites for hydroxylation is 2. The highest BCUT2D eigenvalue weighted by atomic mass is 16.5. The van der Waals surface area contributed by atoms with Gasteiger partial charge in [0.2, 0.25) is 0 Å². The molecule has 1 N–H and O–H groups in total. The van der Waals surface area contributed by atoms with Crippen LogP contribution < -0.4 is 11.0 Å². The van der Waals surface area contributed by atoms with E-state index in [4.69, 9.17) is 15.1 Å². The molecular weight excluding hydrogens is 430 g/mol. The lowest BCUT2D eigenvalue weighted by molar-refractivity contribution is 0.0620.